The third-order valence-corrected chi connectivity index (χ3v) is 4.40. The second-order valence-corrected chi connectivity index (χ2v) is 7.16. The van der Waals surface area contributed by atoms with E-state index in [1.807, 2.05) is 0 Å². The van der Waals surface area contributed by atoms with Crippen LogP contribution in [-0.4, -0.2) is 50.3 Å². The molecule has 118 valence electrons. The van der Waals surface area contributed by atoms with Crippen molar-refractivity contribution in [3.63, 3.8) is 0 Å². The van der Waals surface area contributed by atoms with E-state index in [0.29, 0.717) is 17.5 Å². The van der Waals surface area contributed by atoms with Gasteiger partial charge in [-0.1, -0.05) is 51.1 Å². The van der Waals surface area contributed by atoms with Crippen LogP contribution in [0.3, 0.4) is 0 Å². The van der Waals surface area contributed by atoms with Crippen molar-refractivity contribution in [3.05, 3.63) is 35.9 Å². The van der Waals surface area contributed by atoms with Gasteiger partial charge >= 0.3 is 0 Å². The van der Waals surface area contributed by atoms with E-state index in [1.54, 1.807) is 7.11 Å². The highest BCUT2D eigenvalue weighted by Crippen LogP contribution is 2.26. The molecule has 1 aliphatic rings. The summed E-state index contributed by atoms with van der Waals surface area (Å²) in [5, 5.41) is 3.75. The highest BCUT2D eigenvalue weighted by atomic mass is 16.5. The Balaban J connectivity index is 1.99. The van der Waals surface area contributed by atoms with Gasteiger partial charge in [-0.25, -0.2) is 0 Å². The van der Waals surface area contributed by atoms with Crippen molar-refractivity contribution >= 4 is 0 Å². The lowest BCUT2D eigenvalue weighted by atomic mass is 9.83. The molecule has 0 aromatic heterocycles. The molecular weight excluding hydrogens is 260 g/mol. The number of nitrogens with one attached hydrogen (secondary N) is 1. The van der Waals surface area contributed by atoms with Gasteiger partial charge in [-0.15, -0.1) is 0 Å². The maximum absolute atomic E-state index is 5.30. The van der Waals surface area contributed by atoms with Gasteiger partial charge in [0.1, 0.15) is 0 Å². The SMILES string of the molecule is COCCN1CC(Cc2ccccc2)NCC1C(C)(C)C. The molecule has 1 N–H and O–H groups in total. The van der Waals surface area contributed by atoms with Crippen LogP contribution in [0.25, 0.3) is 0 Å². The topological polar surface area (TPSA) is 24.5 Å². The molecule has 0 radical (unpaired) electrons. The van der Waals surface area contributed by atoms with Gasteiger partial charge in [0, 0.05) is 38.8 Å². The van der Waals surface area contributed by atoms with Gasteiger partial charge in [-0.2, -0.15) is 0 Å². The van der Waals surface area contributed by atoms with E-state index in [2.05, 4.69) is 61.3 Å². The molecule has 3 nitrogen and oxygen atoms in total. The first-order valence-electron chi connectivity index (χ1n) is 8.01. The van der Waals surface area contributed by atoms with Crippen molar-refractivity contribution in [2.24, 2.45) is 5.41 Å². The van der Waals surface area contributed by atoms with Crippen molar-refractivity contribution in [3.8, 4) is 0 Å². The van der Waals surface area contributed by atoms with E-state index in [-0.39, 0.29) is 0 Å². The van der Waals surface area contributed by atoms with Crippen LogP contribution in [-0.2, 0) is 11.2 Å². The van der Waals surface area contributed by atoms with Gasteiger partial charge in [-0.05, 0) is 17.4 Å². The molecule has 2 atom stereocenters. The third kappa shape index (κ3) is 4.80. The van der Waals surface area contributed by atoms with Crippen molar-refractivity contribution in [2.45, 2.75) is 39.3 Å². The second-order valence-electron chi connectivity index (χ2n) is 7.16. The number of nitrogens with zero attached hydrogens (tertiary/aromatic N) is 1. The Morgan fingerprint density at radius 2 is 1.95 bits per heavy atom. The molecule has 2 rings (SSSR count). The van der Waals surface area contributed by atoms with Crippen molar-refractivity contribution < 1.29 is 4.74 Å². The summed E-state index contributed by atoms with van der Waals surface area (Å²) in [5.41, 5.74) is 1.70. The Morgan fingerprint density at radius 1 is 1.24 bits per heavy atom. The second kappa shape index (κ2) is 7.39. The van der Waals surface area contributed by atoms with Gasteiger partial charge < -0.3 is 10.1 Å². The molecule has 1 aromatic rings. The Kier molecular flexibility index (Phi) is 5.80. The number of ether oxygens (including phenoxy) is 1. The Hall–Kier alpha value is -0.900. The molecule has 1 aromatic carbocycles. The van der Waals surface area contributed by atoms with Gasteiger partial charge in [-0.3, -0.25) is 4.90 Å². The Bertz CT molecular complexity index is 413. The molecule has 1 heterocycles. The summed E-state index contributed by atoms with van der Waals surface area (Å²) in [5.74, 6) is 0. The van der Waals surface area contributed by atoms with Gasteiger partial charge in [0.2, 0.25) is 0 Å². The minimum atomic E-state index is 0.290. The molecule has 2 unspecified atom stereocenters. The maximum Gasteiger partial charge on any atom is 0.0589 e. The van der Waals surface area contributed by atoms with E-state index in [1.165, 1.54) is 5.56 Å². The minimum Gasteiger partial charge on any atom is -0.383 e. The van der Waals surface area contributed by atoms with Gasteiger partial charge in [0.15, 0.2) is 0 Å². The van der Waals surface area contributed by atoms with Crippen LogP contribution < -0.4 is 5.32 Å². The summed E-state index contributed by atoms with van der Waals surface area (Å²) in [4.78, 5) is 2.60. The molecule has 3 heteroatoms. The van der Waals surface area contributed by atoms with Crippen LogP contribution in [0, 0.1) is 5.41 Å². The first-order valence-corrected chi connectivity index (χ1v) is 8.01. The molecule has 0 saturated carbocycles. The van der Waals surface area contributed by atoms with Crippen LogP contribution >= 0.6 is 0 Å². The number of hydrogen-bond donors (Lipinski definition) is 1. The normalized spacial score (nSPS) is 24.2. The predicted octanol–water partition coefficient (Wildman–Crippen LogP) is 2.56. The third-order valence-electron chi connectivity index (χ3n) is 4.40. The Morgan fingerprint density at radius 3 is 2.57 bits per heavy atom. The molecule has 0 spiro atoms. The average molecular weight is 290 g/mol. The van der Waals surface area contributed by atoms with E-state index >= 15 is 0 Å². The van der Waals surface area contributed by atoms with E-state index in [9.17, 15) is 0 Å². The smallest absolute Gasteiger partial charge is 0.0589 e. The molecule has 1 fully saturated rings. The Labute approximate surface area is 129 Å². The summed E-state index contributed by atoms with van der Waals surface area (Å²) in [7, 11) is 1.79. The van der Waals surface area contributed by atoms with Crippen LogP contribution in [0.2, 0.25) is 0 Å². The molecule has 0 amide bonds. The van der Waals surface area contributed by atoms with Crippen molar-refractivity contribution in [2.75, 3.05) is 33.4 Å². The zero-order valence-electron chi connectivity index (χ0n) is 13.9. The zero-order valence-corrected chi connectivity index (χ0v) is 13.9. The summed E-state index contributed by atoms with van der Waals surface area (Å²) in [6.07, 6.45) is 1.10. The summed E-state index contributed by atoms with van der Waals surface area (Å²) in [6.45, 7) is 11.0. The highest BCUT2D eigenvalue weighted by Gasteiger charge is 2.35. The number of rotatable bonds is 5. The molecular formula is C18H30N2O. The quantitative estimate of drug-likeness (QED) is 0.902. The molecule has 1 saturated heterocycles. The largest absolute Gasteiger partial charge is 0.383 e. The fourth-order valence-corrected chi connectivity index (χ4v) is 3.23. The molecule has 0 bridgehead atoms. The van der Waals surface area contributed by atoms with E-state index in [0.717, 1.165) is 32.7 Å². The fourth-order valence-electron chi connectivity index (χ4n) is 3.23. The van der Waals surface area contributed by atoms with Crippen molar-refractivity contribution in [1.82, 2.24) is 10.2 Å². The first-order chi connectivity index (χ1) is 10.0. The number of piperazine rings is 1. The van der Waals surface area contributed by atoms with Gasteiger partial charge in [0.05, 0.1) is 6.61 Å². The minimum absolute atomic E-state index is 0.290. The highest BCUT2D eigenvalue weighted by molar-refractivity contribution is 5.16. The number of methoxy groups -OCH3 is 1. The number of benzene rings is 1. The standard InChI is InChI=1S/C18H30N2O/c1-18(2,3)17-13-19-16(14-20(17)10-11-21-4)12-15-8-6-5-7-9-15/h5-9,16-17,19H,10-14H2,1-4H3. The molecule has 0 aliphatic carbocycles. The van der Waals surface area contributed by atoms with E-state index < -0.39 is 0 Å². The average Bonchev–Trinajstić information content (AvgIpc) is 2.45. The monoisotopic (exact) mass is 290 g/mol. The summed E-state index contributed by atoms with van der Waals surface area (Å²) in [6, 6.07) is 11.9. The van der Waals surface area contributed by atoms with Crippen LogP contribution in [0.1, 0.15) is 26.3 Å². The fraction of sp³-hybridized carbons (Fsp3) is 0.667. The zero-order chi connectivity index (χ0) is 15.3. The summed E-state index contributed by atoms with van der Waals surface area (Å²) >= 11 is 0. The lowest BCUT2D eigenvalue weighted by molar-refractivity contribution is 0.0345. The first kappa shape index (κ1) is 16.5. The molecule has 21 heavy (non-hydrogen) atoms. The van der Waals surface area contributed by atoms with Crippen LogP contribution in [0.15, 0.2) is 30.3 Å². The summed E-state index contributed by atoms with van der Waals surface area (Å²) < 4.78 is 5.30. The molecule has 1 aliphatic heterocycles. The lowest BCUT2D eigenvalue weighted by Gasteiger charge is -2.46. The lowest BCUT2D eigenvalue weighted by Crippen LogP contribution is -2.61. The van der Waals surface area contributed by atoms with Crippen molar-refractivity contribution in [1.29, 1.82) is 0 Å². The predicted molar refractivity (Wildman–Crippen MR) is 88.6 cm³/mol. The van der Waals surface area contributed by atoms with Crippen LogP contribution in [0.5, 0.6) is 0 Å². The maximum atomic E-state index is 5.30. The van der Waals surface area contributed by atoms with E-state index in [4.69, 9.17) is 4.74 Å². The van der Waals surface area contributed by atoms with Gasteiger partial charge in [0.25, 0.3) is 0 Å². The van der Waals surface area contributed by atoms with Crippen LogP contribution in [0.4, 0.5) is 0 Å². The number of hydrogen-bond acceptors (Lipinski definition) is 3.